The number of hydrogen-bond acceptors (Lipinski definition) is 5. The van der Waals surface area contributed by atoms with Crippen LogP contribution in [-0.2, 0) is 0 Å². The van der Waals surface area contributed by atoms with Gasteiger partial charge in [0.2, 0.25) is 5.75 Å². The van der Waals surface area contributed by atoms with Crippen molar-refractivity contribution in [1.82, 2.24) is 9.97 Å². The van der Waals surface area contributed by atoms with Crippen molar-refractivity contribution in [3.05, 3.63) is 36.4 Å². The highest BCUT2D eigenvalue weighted by atomic mass is 19.1. The molecule has 0 unspecified atom stereocenters. The molecule has 2 aromatic rings. The number of halogens is 1. The number of benzene rings is 1. The van der Waals surface area contributed by atoms with Crippen molar-refractivity contribution in [1.29, 1.82) is 0 Å². The Morgan fingerprint density at radius 2 is 1.85 bits per heavy atom. The van der Waals surface area contributed by atoms with E-state index in [1.165, 1.54) is 18.5 Å². The van der Waals surface area contributed by atoms with E-state index >= 15 is 0 Å². The number of aromatic nitrogens is 2. The van der Waals surface area contributed by atoms with Gasteiger partial charge in [-0.05, 0) is 30.7 Å². The van der Waals surface area contributed by atoms with E-state index in [1.807, 2.05) is 0 Å². The average molecular weight is 276 g/mol. The Morgan fingerprint density at radius 3 is 2.50 bits per heavy atom. The Morgan fingerprint density at radius 1 is 1.15 bits per heavy atom. The average Bonchev–Trinajstić information content (AvgIpc) is 2.47. The molecule has 6 heteroatoms. The molecule has 1 heterocycles. The fraction of sp³-hybridized carbons (Fsp3) is 0.286. The minimum absolute atomic E-state index is 0.282. The fourth-order valence-corrected chi connectivity index (χ4v) is 1.70. The first-order valence-electron chi connectivity index (χ1n) is 6.40. The fourth-order valence-electron chi connectivity index (χ4n) is 1.70. The maximum Gasteiger partial charge on any atom is 0.204 e. The van der Waals surface area contributed by atoms with Crippen LogP contribution in [0.15, 0.2) is 30.6 Å². The van der Waals surface area contributed by atoms with Gasteiger partial charge in [0.05, 0.1) is 7.11 Å². The number of anilines is 3. The molecule has 2 N–H and O–H groups in total. The summed E-state index contributed by atoms with van der Waals surface area (Å²) in [6.45, 7) is 2.86. The molecule has 0 amide bonds. The normalized spacial score (nSPS) is 10.2. The zero-order chi connectivity index (χ0) is 14.4. The zero-order valence-electron chi connectivity index (χ0n) is 11.5. The standard InChI is InChI=1S/C14H17FN4O/c1-3-8-16-13-12(20-2)14(18-9-17-13)19-11-6-4-10(15)5-7-11/h4-7,9H,3,8H2,1-2H3,(H2,16,17,18,19). The molecule has 1 aromatic heterocycles. The van der Waals surface area contributed by atoms with Gasteiger partial charge in [-0.3, -0.25) is 0 Å². The zero-order valence-corrected chi connectivity index (χ0v) is 11.5. The molecule has 0 saturated carbocycles. The third-order valence-electron chi connectivity index (χ3n) is 2.66. The molecule has 106 valence electrons. The van der Waals surface area contributed by atoms with E-state index in [-0.39, 0.29) is 5.82 Å². The smallest absolute Gasteiger partial charge is 0.204 e. The topological polar surface area (TPSA) is 59.1 Å². The van der Waals surface area contributed by atoms with Crippen molar-refractivity contribution in [3.63, 3.8) is 0 Å². The second-order valence-corrected chi connectivity index (χ2v) is 4.16. The van der Waals surface area contributed by atoms with E-state index in [4.69, 9.17) is 4.74 Å². The Labute approximate surface area is 117 Å². The summed E-state index contributed by atoms with van der Waals surface area (Å²) >= 11 is 0. The molecule has 0 bridgehead atoms. The summed E-state index contributed by atoms with van der Waals surface area (Å²) < 4.78 is 18.2. The van der Waals surface area contributed by atoms with Gasteiger partial charge in [0, 0.05) is 12.2 Å². The minimum Gasteiger partial charge on any atom is -0.490 e. The van der Waals surface area contributed by atoms with E-state index < -0.39 is 0 Å². The van der Waals surface area contributed by atoms with Gasteiger partial charge in [-0.15, -0.1) is 0 Å². The van der Waals surface area contributed by atoms with Gasteiger partial charge in [-0.1, -0.05) is 6.92 Å². The van der Waals surface area contributed by atoms with Crippen molar-refractivity contribution >= 4 is 17.3 Å². The summed E-state index contributed by atoms with van der Waals surface area (Å²) in [4.78, 5) is 8.31. The summed E-state index contributed by atoms with van der Waals surface area (Å²) in [6, 6.07) is 6.03. The van der Waals surface area contributed by atoms with Crippen LogP contribution in [0.2, 0.25) is 0 Å². The maximum atomic E-state index is 12.9. The summed E-state index contributed by atoms with van der Waals surface area (Å²) in [7, 11) is 1.56. The first-order chi connectivity index (χ1) is 9.74. The number of nitrogens with one attached hydrogen (secondary N) is 2. The van der Waals surface area contributed by atoms with Gasteiger partial charge < -0.3 is 15.4 Å². The molecule has 0 fully saturated rings. The van der Waals surface area contributed by atoms with Gasteiger partial charge in [-0.2, -0.15) is 0 Å². The van der Waals surface area contributed by atoms with Crippen molar-refractivity contribution in [3.8, 4) is 5.75 Å². The predicted molar refractivity (Wildman–Crippen MR) is 77.0 cm³/mol. The highest BCUT2D eigenvalue weighted by molar-refractivity contribution is 5.69. The third kappa shape index (κ3) is 3.34. The lowest BCUT2D eigenvalue weighted by atomic mass is 10.3. The van der Waals surface area contributed by atoms with Crippen molar-refractivity contribution in [2.75, 3.05) is 24.3 Å². The molecule has 0 aliphatic rings. The van der Waals surface area contributed by atoms with Crippen LogP contribution in [-0.4, -0.2) is 23.6 Å². The molecule has 0 aliphatic carbocycles. The Bertz CT molecular complexity index is 560. The van der Waals surface area contributed by atoms with Gasteiger partial charge >= 0.3 is 0 Å². The number of nitrogens with zero attached hydrogens (tertiary/aromatic N) is 2. The van der Waals surface area contributed by atoms with E-state index in [1.54, 1.807) is 19.2 Å². The second kappa shape index (κ2) is 6.70. The molecule has 20 heavy (non-hydrogen) atoms. The van der Waals surface area contributed by atoms with E-state index in [0.717, 1.165) is 18.7 Å². The maximum absolute atomic E-state index is 12.9. The van der Waals surface area contributed by atoms with Crippen molar-refractivity contribution in [2.24, 2.45) is 0 Å². The first-order valence-corrected chi connectivity index (χ1v) is 6.40. The Kier molecular flexibility index (Phi) is 4.70. The lowest BCUT2D eigenvalue weighted by Crippen LogP contribution is -2.07. The molecular weight excluding hydrogens is 259 g/mol. The highest BCUT2D eigenvalue weighted by Gasteiger charge is 2.11. The molecule has 0 spiro atoms. The summed E-state index contributed by atoms with van der Waals surface area (Å²) in [6.07, 6.45) is 2.43. The molecule has 0 saturated heterocycles. The lowest BCUT2D eigenvalue weighted by Gasteiger charge is -2.13. The van der Waals surface area contributed by atoms with Crippen LogP contribution in [0.25, 0.3) is 0 Å². The summed E-state index contributed by atoms with van der Waals surface area (Å²) in [5.74, 6) is 1.42. The van der Waals surface area contributed by atoms with Gasteiger partial charge in [-0.25, -0.2) is 14.4 Å². The minimum atomic E-state index is -0.282. The van der Waals surface area contributed by atoms with Crippen LogP contribution in [0.1, 0.15) is 13.3 Å². The highest BCUT2D eigenvalue weighted by Crippen LogP contribution is 2.31. The van der Waals surface area contributed by atoms with Crippen molar-refractivity contribution < 1.29 is 9.13 Å². The van der Waals surface area contributed by atoms with E-state index in [0.29, 0.717) is 17.4 Å². The molecule has 2 rings (SSSR count). The molecule has 0 atom stereocenters. The number of methoxy groups -OCH3 is 1. The van der Waals surface area contributed by atoms with E-state index in [2.05, 4.69) is 27.5 Å². The summed E-state index contributed by atoms with van der Waals surface area (Å²) in [5.41, 5.74) is 0.727. The second-order valence-electron chi connectivity index (χ2n) is 4.16. The van der Waals surface area contributed by atoms with Crippen LogP contribution in [0.4, 0.5) is 21.7 Å². The van der Waals surface area contributed by atoms with E-state index in [9.17, 15) is 4.39 Å². The van der Waals surface area contributed by atoms with Gasteiger partial charge in [0.15, 0.2) is 11.6 Å². The third-order valence-corrected chi connectivity index (χ3v) is 2.66. The largest absolute Gasteiger partial charge is 0.490 e. The number of ether oxygens (including phenoxy) is 1. The van der Waals surface area contributed by atoms with Crippen LogP contribution >= 0.6 is 0 Å². The molecular formula is C14H17FN4O. The van der Waals surface area contributed by atoms with Gasteiger partial charge in [0.1, 0.15) is 12.1 Å². The quantitative estimate of drug-likeness (QED) is 0.848. The summed E-state index contributed by atoms with van der Waals surface area (Å²) in [5, 5.41) is 6.26. The molecule has 0 radical (unpaired) electrons. The first kappa shape index (κ1) is 14.0. The SMILES string of the molecule is CCCNc1ncnc(Nc2ccc(F)cc2)c1OC. The lowest BCUT2D eigenvalue weighted by molar-refractivity contribution is 0.415. The number of rotatable bonds is 6. The molecule has 5 nitrogen and oxygen atoms in total. The van der Waals surface area contributed by atoms with Crippen LogP contribution in [0.5, 0.6) is 5.75 Å². The van der Waals surface area contributed by atoms with Crippen LogP contribution < -0.4 is 15.4 Å². The number of hydrogen-bond donors (Lipinski definition) is 2. The monoisotopic (exact) mass is 276 g/mol. The van der Waals surface area contributed by atoms with Crippen LogP contribution in [0, 0.1) is 5.82 Å². The van der Waals surface area contributed by atoms with Gasteiger partial charge in [0.25, 0.3) is 0 Å². The van der Waals surface area contributed by atoms with Crippen LogP contribution in [0.3, 0.4) is 0 Å². The Hall–Kier alpha value is -2.37. The molecule has 0 aliphatic heterocycles. The predicted octanol–water partition coefficient (Wildman–Crippen LogP) is 3.19. The Balaban J connectivity index is 2.24. The van der Waals surface area contributed by atoms with Crippen molar-refractivity contribution in [2.45, 2.75) is 13.3 Å². The molecule has 1 aromatic carbocycles.